The molecular weight excluding hydrogens is 172 g/mol. The molecule has 0 saturated carbocycles. The van der Waals surface area contributed by atoms with E-state index in [0.29, 0.717) is 0 Å². The highest BCUT2D eigenvalue weighted by molar-refractivity contribution is 5.51. The minimum absolute atomic E-state index is 0.858. The first-order valence-corrected chi connectivity index (χ1v) is 4.73. The molecule has 1 aromatic carbocycles. The molecule has 0 aromatic heterocycles. The quantitative estimate of drug-likeness (QED) is 0.524. The van der Waals surface area contributed by atoms with Gasteiger partial charge in [-0.1, -0.05) is 38.6 Å². The first-order chi connectivity index (χ1) is 6.75. The SMILES string of the molecule is C=NN(C(=C)C)c1ccccc1.CC. The highest BCUT2D eigenvalue weighted by Crippen LogP contribution is 2.16. The molecule has 2 nitrogen and oxygen atoms in total. The van der Waals surface area contributed by atoms with E-state index in [2.05, 4.69) is 18.4 Å². The molecule has 76 valence electrons. The second-order valence-electron chi connectivity index (χ2n) is 2.52. The average Bonchev–Trinajstić information content (AvgIpc) is 2.23. The van der Waals surface area contributed by atoms with Gasteiger partial charge in [-0.15, -0.1) is 0 Å². The van der Waals surface area contributed by atoms with Crippen LogP contribution in [-0.4, -0.2) is 6.72 Å². The number of hydrogen-bond acceptors (Lipinski definition) is 2. The second kappa shape index (κ2) is 6.89. The Morgan fingerprint density at radius 1 is 1.21 bits per heavy atom. The molecule has 0 aliphatic heterocycles. The molecule has 0 aliphatic rings. The topological polar surface area (TPSA) is 15.6 Å². The van der Waals surface area contributed by atoms with Gasteiger partial charge in [0.2, 0.25) is 0 Å². The summed E-state index contributed by atoms with van der Waals surface area (Å²) in [6.45, 7) is 13.2. The summed E-state index contributed by atoms with van der Waals surface area (Å²) in [6, 6.07) is 9.79. The summed E-state index contributed by atoms with van der Waals surface area (Å²) in [4.78, 5) is 0. The maximum absolute atomic E-state index is 3.84. The van der Waals surface area contributed by atoms with Crippen molar-refractivity contribution in [2.24, 2.45) is 5.10 Å². The van der Waals surface area contributed by atoms with Crippen molar-refractivity contribution in [1.29, 1.82) is 0 Å². The molecule has 0 saturated heterocycles. The van der Waals surface area contributed by atoms with Crippen molar-refractivity contribution in [1.82, 2.24) is 0 Å². The van der Waals surface area contributed by atoms with Crippen LogP contribution >= 0.6 is 0 Å². The van der Waals surface area contributed by atoms with Gasteiger partial charge in [0.1, 0.15) is 0 Å². The largest absolute Gasteiger partial charge is 0.239 e. The Hall–Kier alpha value is -1.57. The van der Waals surface area contributed by atoms with Gasteiger partial charge in [-0.2, -0.15) is 5.10 Å². The van der Waals surface area contributed by atoms with E-state index in [-0.39, 0.29) is 0 Å². The molecule has 1 aromatic rings. The Kier molecular flexibility index (Phi) is 6.12. The lowest BCUT2D eigenvalue weighted by molar-refractivity contribution is 1.01. The fourth-order valence-electron chi connectivity index (χ4n) is 0.992. The Balaban J connectivity index is 0.000000791. The summed E-state index contributed by atoms with van der Waals surface area (Å²) in [5, 5.41) is 5.54. The van der Waals surface area contributed by atoms with Crippen LogP contribution in [0.4, 0.5) is 5.69 Å². The third kappa shape index (κ3) is 3.44. The van der Waals surface area contributed by atoms with Gasteiger partial charge in [0.25, 0.3) is 0 Å². The molecule has 0 atom stereocenters. The molecule has 0 heterocycles. The van der Waals surface area contributed by atoms with Crippen LogP contribution in [0.5, 0.6) is 0 Å². The predicted molar refractivity (Wildman–Crippen MR) is 64.6 cm³/mol. The van der Waals surface area contributed by atoms with E-state index in [0.717, 1.165) is 11.4 Å². The van der Waals surface area contributed by atoms with Crippen molar-refractivity contribution in [3.63, 3.8) is 0 Å². The van der Waals surface area contributed by atoms with Crippen LogP contribution in [0.1, 0.15) is 20.8 Å². The van der Waals surface area contributed by atoms with Crippen LogP contribution in [-0.2, 0) is 0 Å². The van der Waals surface area contributed by atoms with Crippen molar-refractivity contribution < 1.29 is 0 Å². The third-order valence-electron chi connectivity index (χ3n) is 1.50. The van der Waals surface area contributed by atoms with E-state index in [4.69, 9.17) is 0 Å². The van der Waals surface area contributed by atoms with Crippen LogP contribution in [0.3, 0.4) is 0 Å². The van der Waals surface area contributed by atoms with E-state index in [1.807, 2.05) is 51.1 Å². The van der Waals surface area contributed by atoms with Gasteiger partial charge in [-0.25, -0.2) is 5.01 Å². The van der Waals surface area contributed by atoms with Crippen LogP contribution in [0, 0.1) is 0 Å². The molecule has 14 heavy (non-hydrogen) atoms. The predicted octanol–water partition coefficient (Wildman–Crippen LogP) is 3.67. The Labute approximate surface area is 86.6 Å². The van der Waals surface area contributed by atoms with Gasteiger partial charge in [-0.05, 0) is 19.1 Å². The highest BCUT2D eigenvalue weighted by atomic mass is 15.4. The minimum Gasteiger partial charge on any atom is -0.239 e. The van der Waals surface area contributed by atoms with Gasteiger partial charge >= 0.3 is 0 Å². The third-order valence-corrected chi connectivity index (χ3v) is 1.50. The van der Waals surface area contributed by atoms with E-state index < -0.39 is 0 Å². The second-order valence-corrected chi connectivity index (χ2v) is 2.52. The summed E-state index contributed by atoms with van der Waals surface area (Å²) in [5.41, 5.74) is 1.84. The summed E-state index contributed by atoms with van der Waals surface area (Å²) in [7, 11) is 0. The van der Waals surface area contributed by atoms with Crippen LogP contribution in [0.15, 0.2) is 47.7 Å². The fraction of sp³-hybridized carbons (Fsp3) is 0.250. The summed E-state index contributed by atoms with van der Waals surface area (Å²) < 4.78 is 0. The van der Waals surface area contributed by atoms with Gasteiger partial charge in [0.05, 0.1) is 5.69 Å². The number of hydrogen-bond donors (Lipinski definition) is 0. The van der Waals surface area contributed by atoms with Crippen molar-refractivity contribution in [3.8, 4) is 0 Å². The molecule has 0 aliphatic carbocycles. The average molecular weight is 190 g/mol. The lowest BCUT2D eigenvalue weighted by Gasteiger charge is -2.17. The number of benzene rings is 1. The lowest BCUT2D eigenvalue weighted by atomic mass is 10.3. The summed E-state index contributed by atoms with van der Waals surface area (Å²) >= 11 is 0. The van der Waals surface area contributed by atoms with Crippen molar-refractivity contribution >= 4 is 12.4 Å². The van der Waals surface area contributed by atoms with E-state index in [1.165, 1.54) is 0 Å². The molecule has 1 rings (SSSR count). The minimum atomic E-state index is 0.858. The van der Waals surface area contributed by atoms with E-state index >= 15 is 0 Å². The molecule has 0 spiro atoms. The zero-order valence-corrected chi connectivity index (χ0v) is 9.20. The zero-order valence-electron chi connectivity index (χ0n) is 9.20. The standard InChI is InChI=1S/C10H12N2.C2H6/c1-9(2)12(11-3)10-7-5-4-6-8-10;1-2/h4-8H,1,3H2,2H3;1-2H3. The van der Waals surface area contributed by atoms with Crippen LogP contribution < -0.4 is 5.01 Å². The number of rotatable bonds is 3. The Morgan fingerprint density at radius 2 is 1.71 bits per heavy atom. The van der Waals surface area contributed by atoms with Gasteiger partial charge < -0.3 is 0 Å². The van der Waals surface area contributed by atoms with Gasteiger partial charge in [0.15, 0.2) is 0 Å². The maximum atomic E-state index is 3.84. The first-order valence-electron chi connectivity index (χ1n) is 4.73. The number of hydrazone groups is 1. The number of anilines is 1. The smallest absolute Gasteiger partial charge is 0.0648 e. The zero-order chi connectivity index (χ0) is 11.0. The summed E-state index contributed by atoms with van der Waals surface area (Å²) in [5.74, 6) is 0. The Morgan fingerprint density at radius 3 is 2.07 bits per heavy atom. The van der Waals surface area contributed by atoms with Crippen molar-refractivity contribution in [2.45, 2.75) is 20.8 Å². The molecule has 0 N–H and O–H groups in total. The van der Waals surface area contributed by atoms with Crippen molar-refractivity contribution in [3.05, 3.63) is 42.6 Å². The molecule has 0 bridgehead atoms. The number of allylic oxidation sites excluding steroid dienone is 1. The van der Waals surface area contributed by atoms with Crippen LogP contribution in [0.25, 0.3) is 0 Å². The number of nitrogens with zero attached hydrogens (tertiary/aromatic N) is 2. The van der Waals surface area contributed by atoms with Crippen molar-refractivity contribution in [2.75, 3.05) is 5.01 Å². The fourth-order valence-corrected chi connectivity index (χ4v) is 0.992. The molecular formula is C12H18N2. The summed E-state index contributed by atoms with van der Waals surface area (Å²) in [6.07, 6.45) is 0. The molecule has 0 amide bonds. The molecule has 0 fully saturated rings. The monoisotopic (exact) mass is 190 g/mol. The highest BCUT2D eigenvalue weighted by Gasteiger charge is 2.01. The van der Waals surface area contributed by atoms with E-state index in [1.54, 1.807) is 5.01 Å². The number of para-hydroxylation sites is 1. The molecule has 0 radical (unpaired) electrons. The van der Waals surface area contributed by atoms with Crippen LogP contribution in [0.2, 0.25) is 0 Å². The Bertz CT molecular complexity index is 278. The van der Waals surface area contributed by atoms with E-state index in [9.17, 15) is 0 Å². The first kappa shape index (κ1) is 12.4. The van der Waals surface area contributed by atoms with Gasteiger partial charge in [0, 0.05) is 12.4 Å². The normalized spacial score (nSPS) is 8.21. The molecule has 2 heteroatoms. The lowest BCUT2D eigenvalue weighted by Crippen LogP contribution is -2.11. The molecule has 0 unspecified atom stereocenters. The van der Waals surface area contributed by atoms with Gasteiger partial charge in [-0.3, -0.25) is 0 Å². The maximum Gasteiger partial charge on any atom is 0.0648 e.